The van der Waals surface area contributed by atoms with Crippen molar-refractivity contribution in [2.24, 2.45) is 0 Å². The van der Waals surface area contributed by atoms with E-state index in [9.17, 15) is 9.59 Å². The van der Waals surface area contributed by atoms with E-state index in [1.165, 1.54) is 36.0 Å². The number of carbonyl (C=O) groups is 2. The van der Waals surface area contributed by atoms with Crippen molar-refractivity contribution in [3.05, 3.63) is 89.0 Å². The van der Waals surface area contributed by atoms with E-state index in [4.69, 9.17) is 0 Å². The van der Waals surface area contributed by atoms with Gasteiger partial charge in [-0.2, -0.15) is 0 Å². The number of amides is 1. The molecule has 33 heavy (non-hydrogen) atoms. The number of aryl methyl sites for hydroxylation is 1. The summed E-state index contributed by atoms with van der Waals surface area (Å²) in [6.07, 6.45) is 5.13. The molecule has 4 nitrogen and oxygen atoms in total. The standard InChI is InChI=1S/C28H28N2O2.ClH/c31-27-14-11-21-9-12-24(18-26(21)27)29-28(32)22-10-13-25(20-7-3-1-4-8-20)23(17-22)19-30-15-5-2-6-16-30;/h1,3-4,7-10,12-13,17-18H,2,5-6,11,14-16,19H2,(H,29,32);1H. The molecule has 0 bridgehead atoms. The minimum absolute atomic E-state index is 0. The van der Waals surface area contributed by atoms with Gasteiger partial charge in [-0.05, 0) is 78.9 Å². The molecule has 0 aromatic heterocycles. The summed E-state index contributed by atoms with van der Waals surface area (Å²) in [4.78, 5) is 27.6. The summed E-state index contributed by atoms with van der Waals surface area (Å²) in [7, 11) is 0. The van der Waals surface area contributed by atoms with Crippen molar-refractivity contribution in [3.63, 3.8) is 0 Å². The molecule has 1 saturated heterocycles. The molecule has 0 saturated carbocycles. The van der Waals surface area contributed by atoms with Crippen molar-refractivity contribution in [1.29, 1.82) is 0 Å². The predicted octanol–water partition coefficient (Wildman–Crippen LogP) is 6.14. The topological polar surface area (TPSA) is 49.4 Å². The third kappa shape index (κ3) is 5.18. The summed E-state index contributed by atoms with van der Waals surface area (Å²) in [5.41, 5.74) is 6.66. The molecule has 1 heterocycles. The Hall–Kier alpha value is -2.95. The Morgan fingerprint density at radius 1 is 0.848 bits per heavy atom. The monoisotopic (exact) mass is 460 g/mol. The van der Waals surface area contributed by atoms with Crippen LogP contribution in [-0.2, 0) is 13.0 Å². The number of hydrogen-bond acceptors (Lipinski definition) is 3. The Kier molecular flexibility index (Phi) is 7.26. The van der Waals surface area contributed by atoms with Gasteiger partial charge in [-0.3, -0.25) is 14.5 Å². The van der Waals surface area contributed by atoms with Crippen LogP contribution in [0.15, 0.2) is 66.7 Å². The van der Waals surface area contributed by atoms with Gasteiger partial charge in [0.1, 0.15) is 0 Å². The molecular weight excluding hydrogens is 432 g/mol. The lowest BCUT2D eigenvalue weighted by Gasteiger charge is -2.27. The van der Waals surface area contributed by atoms with E-state index in [1.807, 2.05) is 36.4 Å². The molecule has 1 amide bonds. The van der Waals surface area contributed by atoms with Crippen LogP contribution in [0.2, 0.25) is 0 Å². The lowest BCUT2D eigenvalue weighted by atomic mass is 9.96. The van der Waals surface area contributed by atoms with Gasteiger partial charge in [0, 0.05) is 29.8 Å². The Morgan fingerprint density at radius 2 is 1.64 bits per heavy atom. The number of halogens is 1. The van der Waals surface area contributed by atoms with Crippen LogP contribution < -0.4 is 5.32 Å². The lowest BCUT2D eigenvalue weighted by Crippen LogP contribution is -2.29. The number of carbonyl (C=O) groups excluding carboxylic acids is 2. The van der Waals surface area contributed by atoms with Crippen LogP contribution in [0.3, 0.4) is 0 Å². The zero-order chi connectivity index (χ0) is 21.9. The molecule has 3 aromatic rings. The van der Waals surface area contributed by atoms with E-state index in [0.29, 0.717) is 17.7 Å². The van der Waals surface area contributed by atoms with E-state index < -0.39 is 0 Å². The van der Waals surface area contributed by atoms with Crippen molar-refractivity contribution in [2.45, 2.75) is 38.6 Å². The van der Waals surface area contributed by atoms with E-state index >= 15 is 0 Å². The van der Waals surface area contributed by atoms with Crippen molar-refractivity contribution < 1.29 is 9.59 Å². The molecule has 5 heteroatoms. The fourth-order valence-electron chi connectivity index (χ4n) is 4.84. The third-order valence-corrected chi connectivity index (χ3v) is 6.58. The van der Waals surface area contributed by atoms with Crippen LogP contribution in [0.4, 0.5) is 5.69 Å². The smallest absolute Gasteiger partial charge is 0.255 e. The minimum Gasteiger partial charge on any atom is -0.322 e. The number of Topliss-reactive ketones (excluding diaryl/α,β-unsaturated/α-hetero) is 1. The van der Waals surface area contributed by atoms with Gasteiger partial charge < -0.3 is 5.32 Å². The predicted molar refractivity (Wildman–Crippen MR) is 135 cm³/mol. The zero-order valence-corrected chi connectivity index (χ0v) is 19.5. The summed E-state index contributed by atoms with van der Waals surface area (Å²) < 4.78 is 0. The second kappa shape index (κ2) is 10.3. The number of fused-ring (bicyclic) bond motifs is 1. The summed E-state index contributed by atoms with van der Waals surface area (Å²) in [5, 5.41) is 2.99. The largest absolute Gasteiger partial charge is 0.322 e. The quantitative estimate of drug-likeness (QED) is 0.497. The normalized spacial score (nSPS) is 15.6. The van der Waals surface area contributed by atoms with E-state index in [-0.39, 0.29) is 24.1 Å². The number of piperidine rings is 1. The van der Waals surface area contributed by atoms with Crippen molar-refractivity contribution >= 4 is 29.8 Å². The highest BCUT2D eigenvalue weighted by Crippen LogP contribution is 2.28. The molecule has 5 rings (SSSR count). The fourth-order valence-corrected chi connectivity index (χ4v) is 4.84. The Morgan fingerprint density at radius 3 is 2.42 bits per heavy atom. The highest BCUT2D eigenvalue weighted by atomic mass is 35.5. The Balaban J connectivity index is 0.00000259. The maximum atomic E-state index is 13.1. The molecular formula is C28H29ClN2O2. The maximum Gasteiger partial charge on any atom is 0.255 e. The molecule has 1 fully saturated rings. The molecule has 1 N–H and O–H groups in total. The van der Waals surface area contributed by atoms with E-state index in [1.54, 1.807) is 0 Å². The number of ketones is 1. The molecule has 0 atom stereocenters. The maximum absolute atomic E-state index is 13.1. The van der Waals surface area contributed by atoms with Gasteiger partial charge in [-0.25, -0.2) is 0 Å². The minimum atomic E-state index is -0.144. The van der Waals surface area contributed by atoms with Crippen molar-refractivity contribution in [1.82, 2.24) is 4.90 Å². The number of anilines is 1. The SMILES string of the molecule is Cl.O=C(Nc1ccc2c(c1)C(=O)CC2)c1ccc(-c2ccccc2)c(CN2CCCCC2)c1. The Labute approximate surface area is 201 Å². The van der Waals surface area contributed by atoms with Crippen LogP contribution in [-0.4, -0.2) is 29.7 Å². The van der Waals surface area contributed by atoms with Crippen LogP contribution in [0.5, 0.6) is 0 Å². The van der Waals surface area contributed by atoms with Gasteiger partial charge in [0.05, 0.1) is 0 Å². The molecule has 0 radical (unpaired) electrons. The molecule has 1 aliphatic heterocycles. The van der Waals surface area contributed by atoms with Gasteiger partial charge in [-0.15, -0.1) is 12.4 Å². The molecule has 2 aliphatic rings. The molecule has 1 aliphatic carbocycles. The first-order chi connectivity index (χ1) is 15.7. The van der Waals surface area contributed by atoms with Gasteiger partial charge >= 0.3 is 0 Å². The number of hydrogen-bond donors (Lipinski definition) is 1. The summed E-state index contributed by atoms with van der Waals surface area (Å²) in [6.45, 7) is 3.06. The number of rotatable bonds is 5. The second-order valence-corrected chi connectivity index (χ2v) is 8.82. The molecule has 3 aromatic carbocycles. The van der Waals surface area contributed by atoms with Crippen molar-refractivity contribution in [2.75, 3.05) is 18.4 Å². The number of nitrogens with one attached hydrogen (secondary N) is 1. The highest BCUT2D eigenvalue weighted by Gasteiger charge is 2.20. The van der Waals surface area contributed by atoms with Crippen LogP contribution >= 0.6 is 12.4 Å². The first-order valence-electron chi connectivity index (χ1n) is 11.6. The van der Waals surface area contributed by atoms with Crippen LogP contribution in [0.25, 0.3) is 11.1 Å². The Bertz CT molecular complexity index is 1150. The van der Waals surface area contributed by atoms with Gasteiger partial charge in [0.15, 0.2) is 5.78 Å². The lowest BCUT2D eigenvalue weighted by molar-refractivity contribution is 0.0991. The number of likely N-dealkylation sites (tertiary alicyclic amines) is 1. The van der Waals surface area contributed by atoms with Gasteiger partial charge in [0.2, 0.25) is 0 Å². The third-order valence-electron chi connectivity index (χ3n) is 6.58. The number of benzene rings is 3. The van der Waals surface area contributed by atoms with E-state index in [0.717, 1.165) is 37.2 Å². The zero-order valence-electron chi connectivity index (χ0n) is 18.7. The fraction of sp³-hybridized carbons (Fsp3) is 0.286. The first kappa shape index (κ1) is 23.2. The average molecular weight is 461 g/mol. The number of nitrogens with zero attached hydrogens (tertiary/aromatic N) is 1. The van der Waals surface area contributed by atoms with E-state index in [2.05, 4.69) is 40.5 Å². The van der Waals surface area contributed by atoms with Gasteiger partial charge in [-0.1, -0.05) is 48.9 Å². The first-order valence-corrected chi connectivity index (χ1v) is 11.6. The van der Waals surface area contributed by atoms with Crippen LogP contribution in [0.1, 0.15) is 57.5 Å². The average Bonchev–Trinajstić information content (AvgIpc) is 3.20. The second-order valence-electron chi connectivity index (χ2n) is 8.82. The molecule has 170 valence electrons. The summed E-state index contributed by atoms with van der Waals surface area (Å²) >= 11 is 0. The van der Waals surface area contributed by atoms with Crippen molar-refractivity contribution in [3.8, 4) is 11.1 Å². The molecule has 0 unspecified atom stereocenters. The molecule has 0 spiro atoms. The van der Waals surface area contributed by atoms with Crippen LogP contribution in [0, 0.1) is 0 Å². The highest BCUT2D eigenvalue weighted by molar-refractivity contribution is 6.06. The summed E-state index contributed by atoms with van der Waals surface area (Å²) in [5.74, 6) is 0.0158. The summed E-state index contributed by atoms with van der Waals surface area (Å²) in [6, 6.07) is 22.0. The van der Waals surface area contributed by atoms with Gasteiger partial charge in [0.25, 0.3) is 5.91 Å².